The Morgan fingerprint density at radius 1 is 1.38 bits per heavy atom. The number of anilines is 1. The molecule has 0 spiro atoms. The smallest absolute Gasteiger partial charge is 0.206 e. The maximum absolute atomic E-state index is 7.48. The maximum atomic E-state index is 7.48. The van der Waals surface area contributed by atoms with Crippen molar-refractivity contribution in [3.63, 3.8) is 0 Å². The van der Waals surface area contributed by atoms with E-state index in [1.54, 1.807) is 0 Å². The van der Waals surface area contributed by atoms with Crippen molar-refractivity contribution >= 4 is 22.9 Å². The minimum absolute atomic E-state index is 0.369. The van der Waals surface area contributed by atoms with Gasteiger partial charge in [-0.15, -0.1) is 0 Å². The van der Waals surface area contributed by atoms with Crippen molar-refractivity contribution in [3.05, 3.63) is 36.5 Å². The molecule has 0 aliphatic heterocycles. The van der Waals surface area contributed by atoms with E-state index in [1.165, 1.54) is 11.8 Å². The van der Waals surface area contributed by atoms with E-state index >= 15 is 0 Å². The molecule has 2 rings (SSSR count). The molecule has 0 aliphatic carbocycles. The van der Waals surface area contributed by atoms with Crippen LogP contribution in [0.4, 0.5) is 5.95 Å². The topological polar surface area (TPSA) is 64.6 Å². The molecule has 0 saturated carbocycles. The fraction of sp³-hybridized carbons (Fsp3) is 0.0909. The van der Waals surface area contributed by atoms with Crippen molar-refractivity contribution in [1.82, 2.24) is 9.97 Å². The molecule has 3 N–H and O–H groups in total. The largest absolute Gasteiger partial charge is 0.330 e. The average molecular weight is 232 g/mol. The van der Waals surface area contributed by atoms with E-state index in [2.05, 4.69) is 15.3 Å². The Bertz CT molecular complexity index is 478. The number of aromatic nitrogens is 2. The van der Waals surface area contributed by atoms with Crippen molar-refractivity contribution < 1.29 is 0 Å². The average Bonchev–Trinajstić information content (AvgIpc) is 2.78. The SMILES string of the molecule is CSC(=N)Nc1nc(-c2ccccc2)c[nH]1. The zero-order chi connectivity index (χ0) is 11.4. The van der Waals surface area contributed by atoms with E-state index in [0.717, 1.165) is 11.3 Å². The monoisotopic (exact) mass is 232 g/mol. The van der Waals surface area contributed by atoms with Crippen LogP contribution in [0.3, 0.4) is 0 Å². The Kier molecular flexibility index (Phi) is 3.26. The van der Waals surface area contributed by atoms with Gasteiger partial charge in [0.2, 0.25) is 5.95 Å². The fourth-order valence-corrected chi connectivity index (χ4v) is 1.50. The van der Waals surface area contributed by atoms with Crippen LogP contribution >= 0.6 is 11.8 Å². The van der Waals surface area contributed by atoms with Gasteiger partial charge in [-0.3, -0.25) is 5.41 Å². The van der Waals surface area contributed by atoms with E-state index in [-0.39, 0.29) is 0 Å². The number of hydrogen-bond donors (Lipinski definition) is 3. The van der Waals surface area contributed by atoms with Crippen LogP contribution in [0.2, 0.25) is 0 Å². The lowest BCUT2D eigenvalue weighted by molar-refractivity contribution is 1.30. The van der Waals surface area contributed by atoms with Crippen LogP contribution in [0, 0.1) is 5.41 Å². The Labute approximate surface area is 98.0 Å². The number of nitrogens with one attached hydrogen (secondary N) is 3. The van der Waals surface area contributed by atoms with E-state index in [9.17, 15) is 0 Å². The van der Waals surface area contributed by atoms with Crippen LogP contribution in [0.15, 0.2) is 36.5 Å². The van der Waals surface area contributed by atoms with Gasteiger partial charge < -0.3 is 10.3 Å². The van der Waals surface area contributed by atoms with Gasteiger partial charge >= 0.3 is 0 Å². The van der Waals surface area contributed by atoms with Gasteiger partial charge in [0.05, 0.1) is 5.69 Å². The van der Waals surface area contributed by atoms with Gasteiger partial charge in [0.1, 0.15) is 0 Å². The summed E-state index contributed by atoms with van der Waals surface area (Å²) in [5.74, 6) is 0.596. The summed E-state index contributed by atoms with van der Waals surface area (Å²) in [5, 5.41) is 10.7. The first-order valence-electron chi connectivity index (χ1n) is 4.80. The lowest BCUT2D eigenvalue weighted by Gasteiger charge is -1.99. The summed E-state index contributed by atoms with van der Waals surface area (Å²) in [7, 11) is 0. The van der Waals surface area contributed by atoms with Crippen LogP contribution in [0.5, 0.6) is 0 Å². The van der Waals surface area contributed by atoms with Crippen LogP contribution in [-0.2, 0) is 0 Å². The molecule has 1 heterocycles. The van der Waals surface area contributed by atoms with Crippen LogP contribution in [-0.4, -0.2) is 21.4 Å². The molecule has 0 saturated heterocycles. The van der Waals surface area contributed by atoms with Crippen molar-refractivity contribution in [2.75, 3.05) is 11.6 Å². The Morgan fingerprint density at radius 3 is 2.81 bits per heavy atom. The summed E-state index contributed by atoms with van der Waals surface area (Å²) in [6.45, 7) is 0. The highest BCUT2D eigenvalue weighted by molar-refractivity contribution is 8.13. The summed E-state index contributed by atoms with van der Waals surface area (Å²) in [6.07, 6.45) is 3.67. The molecule has 0 amide bonds. The molecule has 0 bridgehead atoms. The molecule has 82 valence electrons. The Morgan fingerprint density at radius 2 is 2.12 bits per heavy atom. The normalized spacial score (nSPS) is 10.1. The highest BCUT2D eigenvalue weighted by Crippen LogP contribution is 2.17. The minimum atomic E-state index is 0.369. The van der Waals surface area contributed by atoms with Gasteiger partial charge in [0.25, 0.3) is 0 Å². The van der Waals surface area contributed by atoms with E-state index in [4.69, 9.17) is 5.41 Å². The number of imidazole rings is 1. The molecular formula is C11H12N4S. The first-order chi connectivity index (χ1) is 7.79. The Hall–Kier alpha value is -1.75. The van der Waals surface area contributed by atoms with Gasteiger partial charge in [0, 0.05) is 11.8 Å². The summed E-state index contributed by atoms with van der Waals surface area (Å²) in [5.41, 5.74) is 1.93. The Balaban J connectivity index is 2.17. The lowest BCUT2D eigenvalue weighted by Crippen LogP contribution is -2.06. The number of aromatic amines is 1. The number of nitrogens with zero attached hydrogens (tertiary/aromatic N) is 1. The number of thioether (sulfide) groups is 1. The molecule has 4 nitrogen and oxygen atoms in total. The quantitative estimate of drug-likeness (QED) is 0.551. The van der Waals surface area contributed by atoms with E-state index < -0.39 is 0 Å². The fourth-order valence-electron chi connectivity index (χ4n) is 1.30. The van der Waals surface area contributed by atoms with Gasteiger partial charge in [-0.2, -0.15) is 0 Å². The first-order valence-corrected chi connectivity index (χ1v) is 6.02. The second-order valence-corrected chi connectivity index (χ2v) is 3.98. The van der Waals surface area contributed by atoms with Crippen LogP contribution in [0.25, 0.3) is 11.3 Å². The van der Waals surface area contributed by atoms with Crippen molar-refractivity contribution in [3.8, 4) is 11.3 Å². The molecular weight excluding hydrogens is 220 g/mol. The summed E-state index contributed by atoms with van der Waals surface area (Å²) >= 11 is 1.34. The molecule has 1 aromatic heterocycles. The van der Waals surface area contributed by atoms with Gasteiger partial charge in [-0.05, 0) is 6.26 Å². The maximum Gasteiger partial charge on any atom is 0.206 e. The number of benzene rings is 1. The second kappa shape index (κ2) is 4.85. The summed E-state index contributed by atoms with van der Waals surface area (Å²) in [6, 6.07) is 9.92. The molecule has 0 radical (unpaired) electrons. The van der Waals surface area contributed by atoms with Gasteiger partial charge in [-0.25, -0.2) is 4.98 Å². The van der Waals surface area contributed by atoms with Crippen molar-refractivity contribution in [2.24, 2.45) is 0 Å². The molecule has 5 heteroatoms. The predicted molar refractivity (Wildman–Crippen MR) is 68.9 cm³/mol. The highest BCUT2D eigenvalue weighted by Gasteiger charge is 2.03. The minimum Gasteiger partial charge on any atom is -0.330 e. The van der Waals surface area contributed by atoms with E-state index in [0.29, 0.717) is 11.1 Å². The summed E-state index contributed by atoms with van der Waals surface area (Å²) in [4.78, 5) is 7.34. The van der Waals surface area contributed by atoms with Crippen LogP contribution in [0.1, 0.15) is 0 Å². The molecule has 0 unspecified atom stereocenters. The third-order valence-electron chi connectivity index (χ3n) is 2.08. The first kappa shape index (κ1) is 10.8. The zero-order valence-electron chi connectivity index (χ0n) is 8.82. The molecule has 0 atom stereocenters. The highest BCUT2D eigenvalue weighted by atomic mass is 32.2. The third kappa shape index (κ3) is 2.43. The van der Waals surface area contributed by atoms with Crippen molar-refractivity contribution in [1.29, 1.82) is 5.41 Å². The number of amidine groups is 1. The lowest BCUT2D eigenvalue weighted by atomic mass is 10.2. The molecule has 0 fully saturated rings. The second-order valence-electron chi connectivity index (χ2n) is 3.16. The molecule has 16 heavy (non-hydrogen) atoms. The van der Waals surface area contributed by atoms with Gasteiger partial charge in [-0.1, -0.05) is 42.1 Å². The standard InChI is InChI=1S/C11H12N4S/c1-16-10(12)15-11-13-7-9(14-11)8-5-3-2-4-6-8/h2-7H,1H3,(H3,12,13,14,15). The third-order valence-corrected chi connectivity index (χ3v) is 2.59. The van der Waals surface area contributed by atoms with E-state index in [1.807, 2.05) is 42.8 Å². The molecule has 1 aromatic carbocycles. The van der Waals surface area contributed by atoms with Gasteiger partial charge in [0.15, 0.2) is 5.17 Å². The van der Waals surface area contributed by atoms with Crippen molar-refractivity contribution in [2.45, 2.75) is 0 Å². The predicted octanol–water partition coefficient (Wildman–Crippen LogP) is 2.79. The number of rotatable bonds is 2. The zero-order valence-corrected chi connectivity index (χ0v) is 9.64. The molecule has 0 aliphatic rings. The number of hydrogen-bond acceptors (Lipinski definition) is 3. The number of H-pyrrole nitrogens is 1. The summed E-state index contributed by atoms with van der Waals surface area (Å²) < 4.78 is 0. The van der Waals surface area contributed by atoms with Crippen LogP contribution < -0.4 is 5.32 Å². The molecule has 2 aromatic rings.